The van der Waals surface area contributed by atoms with Gasteiger partial charge in [-0.05, 0) is 43.8 Å². The summed E-state index contributed by atoms with van der Waals surface area (Å²) in [6.45, 7) is 3.75. The van der Waals surface area contributed by atoms with Gasteiger partial charge >= 0.3 is 0 Å². The highest BCUT2D eigenvalue weighted by Crippen LogP contribution is 2.23. The number of nitriles is 1. The van der Waals surface area contributed by atoms with Crippen LogP contribution in [0.15, 0.2) is 30.3 Å². The molecule has 0 aromatic heterocycles. The maximum Gasteiger partial charge on any atom is 0.0962 e. The van der Waals surface area contributed by atoms with Gasteiger partial charge in [0.25, 0.3) is 0 Å². The molecule has 1 N–H and O–H groups in total. The first-order valence-corrected chi connectivity index (χ1v) is 7.64. The van der Waals surface area contributed by atoms with E-state index in [2.05, 4.69) is 52.5 Å². The monoisotopic (exact) mass is 281 g/mol. The molecule has 1 aliphatic heterocycles. The lowest BCUT2D eigenvalue weighted by Gasteiger charge is -2.32. The molecule has 0 bridgehead atoms. The molecule has 0 aliphatic carbocycles. The molecule has 1 fully saturated rings. The first-order chi connectivity index (χ1) is 10.3. The number of rotatable bonds is 6. The number of terminal acetylenes is 1. The summed E-state index contributed by atoms with van der Waals surface area (Å²) < 4.78 is 0. The van der Waals surface area contributed by atoms with Gasteiger partial charge < -0.3 is 0 Å². The van der Waals surface area contributed by atoms with E-state index in [1.165, 1.54) is 18.4 Å². The quantitative estimate of drug-likeness (QED) is 0.814. The van der Waals surface area contributed by atoms with Crippen LogP contribution in [0.3, 0.4) is 0 Å². The highest BCUT2D eigenvalue weighted by molar-refractivity contribution is 5.14. The number of likely N-dealkylation sites (tertiary alicyclic amines) is 1. The SMILES string of the molecule is C#CCNC(C#N)CC1CCN(Cc2ccccc2)CC1. The van der Waals surface area contributed by atoms with Crippen molar-refractivity contribution in [1.82, 2.24) is 10.2 Å². The molecule has 3 heteroatoms. The van der Waals surface area contributed by atoms with Crippen molar-refractivity contribution in [1.29, 1.82) is 5.26 Å². The second-order valence-electron chi connectivity index (χ2n) is 5.71. The van der Waals surface area contributed by atoms with Crippen molar-refractivity contribution < 1.29 is 0 Å². The molecule has 1 saturated heterocycles. The average molecular weight is 281 g/mol. The Morgan fingerprint density at radius 3 is 2.62 bits per heavy atom. The number of benzene rings is 1. The Hall–Kier alpha value is -1.81. The molecule has 0 radical (unpaired) electrons. The van der Waals surface area contributed by atoms with Crippen molar-refractivity contribution in [3.63, 3.8) is 0 Å². The van der Waals surface area contributed by atoms with Crippen molar-refractivity contribution in [3.8, 4) is 18.4 Å². The van der Waals surface area contributed by atoms with Gasteiger partial charge in [-0.25, -0.2) is 0 Å². The minimum atomic E-state index is -0.105. The van der Waals surface area contributed by atoms with Crippen LogP contribution in [0, 0.1) is 29.6 Å². The fourth-order valence-electron chi connectivity index (χ4n) is 2.92. The molecule has 110 valence electrons. The van der Waals surface area contributed by atoms with E-state index in [-0.39, 0.29) is 6.04 Å². The molecule has 2 rings (SSSR count). The summed E-state index contributed by atoms with van der Waals surface area (Å²) in [6, 6.07) is 12.8. The Morgan fingerprint density at radius 1 is 1.29 bits per heavy atom. The van der Waals surface area contributed by atoms with Crippen molar-refractivity contribution in [3.05, 3.63) is 35.9 Å². The van der Waals surface area contributed by atoms with E-state index in [4.69, 9.17) is 11.7 Å². The van der Waals surface area contributed by atoms with E-state index in [1.807, 2.05) is 0 Å². The van der Waals surface area contributed by atoms with Crippen LogP contribution in [0.25, 0.3) is 0 Å². The van der Waals surface area contributed by atoms with E-state index in [9.17, 15) is 0 Å². The van der Waals surface area contributed by atoms with Crippen LogP contribution < -0.4 is 5.32 Å². The smallest absolute Gasteiger partial charge is 0.0962 e. The van der Waals surface area contributed by atoms with Crippen molar-refractivity contribution in [2.75, 3.05) is 19.6 Å². The Kier molecular flexibility index (Phi) is 6.28. The molecule has 0 amide bonds. The van der Waals surface area contributed by atoms with E-state index >= 15 is 0 Å². The highest BCUT2D eigenvalue weighted by Gasteiger charge is 2.22. The van der Waals surface area contributed by atoms with Crippen LogP contribution in [-0.2, 0) is 6.54 Å². The van der Waals surface area contributed by atoms with Gasteiger partial charge in [0.1, 0.15) is 0 Å². The molecule has 1 heterocycles. The van der Waals surface area contributed by atoms with Crippen LogP contribution in [-0.4, -0.2) is 30.6 Å². The summed E-state index contributed by atoms with van der Waals surface area (Å²) in [5, 5.41) is 12.2. The van der Waals surface area contributed by atoms with Crippen LogP contribution in [0.2, 0.25) is 0 Å². The van der Waals surface area contributed by atoms with Gasteiger partial charge in [0.2, 0.25) is 0 Å². The fourth-order valence-corrected chi connectivity index (χ4v) is 2.92. The van der Waals surface area contributed by atoms with E-state index in [1.54, 1.807) is 0 Å². The molecule has 1 unspecified atom stereocenters. The zero-order chi connectivity index (χ0) is 14.9. The standard InChI is InChI=1S/C18H23N3/c1-2-10-20-18(14-19)13-16-8-11-21(12-9-16)15-17-6-4-3-5-7-17/h1,3-7,16,18,20H,8-13,15H2. The Balaban J connectivity index is 1.73. The van der Waals surface area contributed by atoms with Crippen LogP contribution >= 0.6 is 0 Å². The summed E-state index contributed by atoms with van der Waals surface area (Å²) in [6.07, 6.45) is 8.48. The van der Waals surface area contributed by atoms with E-state index < -0.39 is 0 Å². The van der Waals surface area contributed by atoms with Crippen molar-refractivity contribution in [2.24, 2.45) is 5.92 Å². The molecular weight excluding hydrogens is 258 g/mol. The summed E-state index contributed by atoms with van der Waals surface area (Å²) in [5.74, 6) is 3.17. The third-order valence-corrected chi connectivity index (χ3v) is 4.13. The molecular formula is C18H23N3. The molecule has 3 nitrogen and oxygen atoms in total. The predicted octanol–water partition coefficient (Wildman–Crippen LogP) is 2.40. The molecule has 1 aromatic carbocycles. The van der Waals surface area contributed by atoms with Crippen LogP contribution in [0.1, 0.15) is 24.8 Å². The van der Waals surface area contributed by atoms with Gasteiger partial charge in [-0.15, -0.1) is 6.42 Å². The van der Waals surface area contributed by atoms with E-state index in [0.29, 0.717) is 12.5 Å². The Morgan fingerprint density at radius 2 is 2.00 bits per heavy atom. The maximum atomic E-state index is 9.14. The topological polar surface area (TPSA) is 39.1 Å². The Bertz CT molecular complexity index is 489. The first kappa shape index (κ1) is 15.6. The minimum Gasteiger partial charge on any atom is -0.299 e. The third-order valence-electron chi connectivity index (χ3n) is 4.13. The van der Waals surface area contributed by atoms with Crippen LogP contribution in [0.5, 0.6) is 0 Å². The van der Waals surface area contributed by atoms with E-state index in [0.717, 1.165) is 26.1 Å². The highest BCUT2D eigenvalue weighted by atomic mass is 15.1. The summed E-state index contributed by atoms with van der Waals surface area (Å²) >= 11 is 0. The number of nitrogens with one attached hydrogen (secondary N) is 1. The molecule has 1 aliphatic rings. The molecule has 1 aromatic rings. The van der Waals surface area contributed by atoms with Gasteiger partial charge in [-0.3, -0.25) is 10.2 Å². The first-order valence-electron chi connectivity index (χ1n) is 7.64. The lowest BCUT2D eigenvalue weighted by molar-refractivity contribution is 0.168. The molecule has 0 spiro atoms. The zero-order valence-electron chi connectivity index (χ0n) is 12.5. The predicted molar refractivity (Wildman–Crippen MR) is 85.3 cm³/mol. The maximum absolute atomic E-state index is 9.14. The lowest BCUT2D eigenvalue weighted by atomic mass is 9.90. The summed E-state index contributed by atoms with van der Waals surface area (Å²) in [4.78, 5) is 2.50. The van der Waals surface area contributed by atoms with Gasteiger partial charge in [0, 0.05) is 6.54 Å². The lowest BCUT2D eigenvalue weighted by Crippen LogP contribution is -2.36. The number of hydrogen-bond donors (Lipinski definition) is 1. The molecule has 21 heavy (non-hydrogen) atoms. The van der Waals surface area contributed by atoms with Gasteiger partial charge in [-0.1, -0.05) is 36.3 Å². The number of hydrogen-bond acceptors (Lipinski definition) is 3. The van der Waals surface area contributed by atoms with Gasteiger partial charge in [-0.2, -0.15) is 5.26 Å². The summed E-state index contributed by atoms with van der Waals surface area (Å²) in [7, 11) is 0. The second kappa shape index (κ2) is 8.47. The van der Waals surface area contributed by atoms with Gasteiger partial charge in [0.05, 0.1) is 18.7 Å². The normalized spacial score (nSPS) is 17.8. The second-order valence-corrected chi connectivity index (χ2v) is 5.71. The Labute approximate surface area is 128 Å². The number of piperidine rings is 1. The van der Waals surface area contributed by atoms with Gasteiger partial charge in [0.15, 0.2) is 0 Å². The largest absolute Gasteiger partial charge is 0.299 e. The summed E-state index contributed by atoms with van der Waals surface area (Å²) in [5.41, 5.74) is 1.38. The van der Waals surface area contributed by atoms with Crippen LogP contribution in [0.4, 0.5) is 0 Å². The number of nitrogens with zero attached hydrogens (tertiary/aromatic N) is 2. The third kappa shape index (κ3) is 5.23. The minimum absolute atomic E-state index is 0.105. The average Bonchev–Trinajstić information content (AvgIpc) is 2.54. The zero-order valence-corrected chi connectivity index (χ0v) is 12.5. The molecule has 0 saturated carbocycles. The van der Waals surface area contributed by atoms with Crippen molar-refractivity contribution in [2.45, 2.75) is 31.8 Å². The fraction of sp³-hybridized carbons (Fsp3) is 0.500. The van der Waals surface area contributed by atoms with Crippen molar-refractivity contribution >= 4 is 0 Å². The molecule has 1 atom stereocenters.